The van der Waals surface area contributed by atoms with E-state index in [0.717, 1.165) is 42.5 Å². The number of nitro groups is 1. The Morgan fingerprint density at radius 2 is 2.30 bits per heavy atom. The lowest BCUT2D eigenvalue weighted by molar-refractivity contribution is -0.384. The highest BCUT2D eigenvalue weighted by atomic mass is 79.9. The van der Waals surface area contributed by atoms with Gasteiger partial charge in [0.25, 0.3) is 5.69 Å². The predicted molar refractivity (Wildman–Crippen MR) is 80.5 cm³/mol. The molecule has 0 aliphatic carbocycles. The second-order valence-electron chi connectivity index (χ2n) is 5.29. The molecule has 6 heteroatoms. The van der Waals surface area contributed by atoms with Gasteiger partial charge in [0.1, 0.15) is 0 Å². The molecule has 2 rings (SSSR count). The van der Waals surface area contributed by atoms with Crippen LogP contribution in [0.1, 0.15) is 25.3 Å². The number of nitrogens with zero attached hydrogens (tertiary/aromatic N) is 2. The molecule has 1 aliphatic rings. The predicted octanol–water partition coefficient (Wildman–Crippen LogP) is 2.95. The van der Waals surface area contributed by atoms with E-state index in [9.17, 15) is 15.2 Å². The molecule has 1 aromatic carbocycles. The normalized spacial score (nSPS) is 23.8. The number of aliphatic hydroxyl groups is 1. The summed E-state index contributed by atoms with van der Waals surface area (Å²) in [4.78, 5) is 12.6. The monoisotopic (exact) mass is 342 g/mol. The molecule has 20 heavy (non-hydrogen) atoms. The highest BCUT2D eigenvalue weighted by Crippen LogP contribution is 2.27. The summed E-state index contributed by atoms with van der Waals surface area (Å²) in [5.74, 6) is 0.320. The summed E-state index contributed by atoms with van der Waals surface area (Å²) in [6.45, 7) is 4.59. The Kier molecular flexibility index (Phi) is 5.12. The standard InChI is InChI=1S/C14H19BrN2O3/c1-2-10-8-16(6-5-14(10)18)9-11-3-4-12(17(19)20)7-13(11)15/h3-4,7,10,14,18H,2,5-6,8-9H2,1H3. The number of aliphatic hydroxyl groups excluding tert-OH is 1. The topological polar surface area (TPSA) is 66.6 Å². The van der Waals surface area contributed by atoms with Crippen LogP contribution in [0.25, 0.3) is 0 Å². The number of nitro benzene ring substituents is 1. The number of hydrogen-bond acceptors (Lipinski definition) is 4. The Bertz CT molecular complexity index is 495. The van der Waals surface area contributed by atoms with Crippen LogP contribution >= 0.6 is 15.9 Å². The van der Waals surface area contributed by atoms with Crippen LogP contribution in [0, 0.1) is 16.0 Å². The van der Waals surface area contributed by atoms with Crippen LogP contribution < -0.4 is 0 Å². The van der Waals surface area contributed by atoms with Gasteiger partial charge in [-0.3, -0.25) is 15.0 Å². The first-order valence-corrected chi connectivity index (χ1v) is 7.63. The molecule has 1 heterocycles. The lowest BCUT2D eigenvalue weighted by Crippen LogP contribution is -2.42. The van der Waals surface area contributed by atoms with Gasteiger partial charge in [-0.05, 0) is 30.4 Å². The third-order valence-corrected chi connectivity index (χ3v) is 4.68. The summed E-state index contributed by atoms with van der Waals surface area (Å²) in [5.41, 5.74) is 1.14. The van der Waals surface area contributed by atoms with Gasteiger partial charge in [0.2, 0.25) is 0 Å². The second kappa shape index (κ2) is 6.65. The van der Waals surface area contributed by atoms with E-state index in [0.29, 0.717) is 5.92 Å². The Hall–Kier alpha value is -0.980. The molecule has 2 unspecified atom stereocenters. The van der Waals surface area contributed by atoms with E-state index in [-0.39, 0.29) is 16.7 Å². The largest absolute Gasteiger partial charge is 0.393 e. The van der Waals surface area contributed by atoms with E-state index in [4.69, 9.17) is 0 Å². The average molecular weight is 343 g/mol. The van der Waals surface area contributed by atoms with Crippen molar-refractivity contribution < 1.29 is 10.0 Å². The molecule has 0 saturated carbocycles. The van der Waals surface area contributed by atoms with Crippen molar-refractivity contribution in [3.63, 3.8) is 0 Å². The maximum absolute atomic E-state index is 10.7. The molecule has 0 radical (unpaired) electrons. The van der Waals surface area contributed by atoms with Crippen LogP contribution in [0.5, 0.6) is 0 Å². The zero-order valence-corrected chi connectivity index (χ0v) is 13.0. The molecular formula is C14H19BrN2O3. The first kappa shape index (κ1) is 15.4. The van der Waals surface area contributed by atoms with Gasteiger partial charge in [-0.1, -0.05) is 22.9 Å². The molecule has 5 nitrogen and oxygen atoms in total. The van der Waals surface area contributed by atoms with Crippen molar-refractivity contribution >= 4 is 21.6 Å². The summed E-state index contributed by atoms with van der Waals surface area (Å²) in [7, 11) is 0. The molecule has 1 N–H and O–H groups in total. The summed E-state index contributed by atoms with van der Waals surface area (Å²) >= 11 is 3.41. The van der Waals surface area contributed by atoms with Gasteiger partial charge in [-0.15, -0.1) is 0 Å². The van der Waals surface area contributed by atoms with Crippen molar-refractivity contribution in [1.82, 2.24) is 4.90 Å². The molecule has 1 saturated heterocycles. The van der Waals surface area contributed by atoms with Gasteiger partial charge in [0.15, 0.2) is 0 Å². The van der Waals surface area contributed by atoms with Gasteiger partial charge >= 0.3 is 0 Å². The van der Waals surface area contributed by atoms with E-state index in [1.807, 2.05) is 0 Å². The number of hydrogen-bond donors (Lipinski definition) is 1. The molecule has 1 aromatic rings. The minimum atomic E-state index is -0.390. The first-order valence-electron chi connectivity index (χ1n) is 6.84. The van der Waals surface area contributed by atoms with Crippen LogP contribution in [0.4, 0.5) is 5.69 Å². The maximum atomic E-state index is 10.7. The fourth-order valence-corrected chi connectivity index (χ4v) is 3.15. The van der Waals surface area contributed by atoms with Crippen LogP contribution in [0.15, 0.2) is 22.7 Å². The number of likely N-dealkylation sites (tertiary alicyclic amines) is 1. The molecule has 110 valence electrons. The van der Waals surface area contributed by atoms with Gasteiger partial charge in [-0.25, -0.2) is 0 Å². The van der Waals surface area contributed by atoms with Crippen molar-refractivity contribution in [2.24, 2.45) is 5.92 Å². The highest BCUT2D eigenvalue weighted by Gasteiger charge is 2.26. The third-order valence-electron chi connectivity index (χ3n) is 3.94. The highest BCUT2D eigenvalue weighted by molar-refractivity contribution is 9.10. The molecule has 2 atom stereocenters. The average Bonchev–Trinajstić information content (AvgIpc) is 2.42. The smallest absolute Gasteiger partial charge is 0.270 e. The quantitative estimate of drug-likeness (QED) is 0.674. The number of piperidine rings is 1. The fraction of sp³-hybridized carbons (Fsp3) is 0.571. The van der Waals surface area contributed by atoms with E-state index in [1.165, 1.54) is 6.07 Å². The first-order chi connectivity index (χ1) is 9.51. The number of halogens is 1. The van der Waals surface area contributed by atoms with Gasteiger partial charge < -0.3 is 5.11 Å². The van der Waals surface area contributed by atoms with Crippen molar-refractivity contribution in [3.8, 4) is 0 Å². The van der Waals surface area contributed by atoms with Gasteiger partial charge in [0.05, 0.1) is 11.0 Å². The number of benzene rings is 1. The number of rotatable bonds is 4. The van der Waals surface area contributed by atoms with Crippen molar-refractivity contribution in [2.75, 3.05) is 13.1 Å². The SMILES string of the molecule is CCC1CN(Cc2ccc([N+](=O)[O-])cc2Br)CCC1O. The second-order valence-corrected chi connectivity index (χ2v) is 6.15. The lowest BCUT2D eigenvalue weighted by atomic mass is 9.92. The van der Waals surface area contributed by atoms with E-state index < -0.39 is 0 Å². The van der Waals surface area contributed by atoms with Gasteiger partial charge in [0, 0.05) is 36.2 Å². The summed E-state index contributed by atoms with van der Waals surface area (Å²) in [6.07, 6.45) is 1.57. The summed E-state index contributed by atoms with van der Waals surface area (Å²) in [5, 5.41) is 20.6. The van der Waals surface area contributed by atoms with Crippen molar-refractivity contribution in [2.45, 2.75) is 32.4 Å². The van der Waals surface area contributed by atoms with E-state index in [2.05, 4.69) is 27.8 Å². The minimum absolute atomic E-state index is 0.0983. The summed E-state index contributed by atoms with van der Waals surface area (Å²) in [6, 6.07) is 4.88. The van der Waals surface area contributed by atoms with Crippen LogP contribution in [-0.2, 0) is 6.54 Å². The van der Waals surface area contributed by atoms with Crippen molar-refractivity contribution in [3.05, 3.63) is 38.3 Å². The molecule has 0 bridgehead atoms. The zero-order valence-electron chi connectivity index (χ0n) is 11.5. The third kappa shape index (κ3) is 3.56. The Labute approximate surface area is 126 Å². The number of non-ortho nitro benzene ring substituents is 1. The minimum Gasteiger partial charge on any atom is -0.393 e. The van der Waals surface area contributed by atoms with Crippen LogP contribution in [0.3, 0.4) is 0 Å². The van der Waals surface area contributed by atoms with E-state index in [1.54, 1.807) is 12.1 Å². The zero-order chi connectivity index (χ0) is 14.7. The maximum Gasteiger partial charge on any atom is 0.270 e. The molecule has 1 aliphatic heterocycles. The molecule has 0 aromatic heterocycles. The molecule has 0 amide bonds. The Morgan fingerprint density at radius 1 is 1.55 bits per heavy atom. The fourth-order valence-electron chi connectivity index (χ4n) is 2.66. The van der Waals surface area contributed by atoms with Crippen LogP contribution in [0.2, 0.25) is 0 Å². The Morgan fingerprint density at radius 3 is 2.90 bits per heavy atom. The molecule has 1 fully saturated rings. The molecular weight excluding hydrogens is 324 g/mol. The van der Waals surface area contributed by atoms with Crippen molar-refractivity contribution in [1.29, 1.82) is 0 Å². The Balaban J connectivity index is 2.05. The van der Waals surface area contributed by atoms with Crippen LogP contribution in [-0.4, -0.2) is 34.1 Å². The van der Waals surface area contributed by atoms with E-state index >= 15 is 0 Å². The van der Waals surface area contributed by atoms with Gasteiger partial charge in [-0.2, -0.15) is 0 Å². The lowest BCUT2D eigenvalue weighted by Gasteiger charge is -2.35. The summed E-state index contributed by atoms with van der Waals surface area (Å²) < 4.78 is 0.769. The molecule has 0 spiro atoms.